The molecule has 57 heavy (non-hydrogen) atoms. The van der Waals surface area contributed by atoms with Crippen LogP contribution in [0.4, 0.5) is 11.5 Å². The van der Waals surface area contributed by atoms with Gasteiger partial charge in [-0.2, -0.15) is 9.97 Å². The van der Waals surface area contributed by atoms with E-state index < -0.39 is 0 Å². The molecule has 3 unspecified atom stereocenters. The lowest BCUT2D eigenvalue weighted by Gasteiger charge is -2.30. The number of aromatic nitrogens is 2. The molecule has 0 saturated heterocycles. The Morgan fingerprint density at radius 1 is 1.11 bits per heavy atom. The van der Waals surface area contributed by atoms with Gasteiger partial charge in [0.25, 0.3) is 5.91 Å². The second-order valence-corrected chi connectivity index (χ2v) is 17.3. The Hall–Kier alpha value is -4.80. The van der Waals surface area contributed by atoms with E-state index in [9.17, 15) is 4.79 Å². The van der Waals surface area contributed by atoms with E-state index in [1.54, 1.807) is 20.2 Å². The van der Waals surface area contributed by atoms with Gasteiger partial charge in [-0.05, 0) is 92.7 Å². The lowest BCUT2D eigenvalue weighted by molar-refractivity contribution is -0.124. The largest absolute Gasteiger partial charge is 0.463 e. The molecule has 0 radical (unpaired) electrons. The zero-order valence-corrected chi connectivity index (χ0v) is 35.7. The van der Waals surface area contributed by atoms with Crippen molar-refractivity contribution < 1.29 is 9.53 Å². The van der Waals surface area contributed by atoms with Gasteiger partial charge in [-0.15, -0.1) is 0 Å². The molecule has 306 valence electrons. The van der Waals surface area contributed by atoms with Crippen molar-refractivity contribution in [3.8, 4) is 17.1 Å². The summed E-state index contributed by atoms with van der Waals surface area (Å²) in [6.07, 6.45) is 16.4. The number of unbranched alkanes of at least 4 members (excludes halogenated alkanes) is 3. The second-order valence-electron chi connectivity index (χ2n) is 17.3. The highest BCUT2D eigenvalue weighted by molar-refractivity contribution is 6.06. The van der Waals surface area contributed by atoms with Crippen molar-refractivity contribution in [1.29, 1.82) is 5.41 Å². The molecule has 2 aromatic carbocycles. The van der Waals surface area contributed by atoms with Crippen LogP contribution in [-0.2, 0) is 4.79 Å². The normalized spacial score (nSPS) is 19.5. The fraction of sp³-hybridized carbons (Fsp3) is 0.565. The lowest BCUT2D eigenvalue weighted by atomic mass is 9.81. The molecule has 11 heteroatoms. The summed E-state index contributed by atoms with van der Waals surface area (Å²) in [6.45, 7) is 15.6. The molecular weight excluding hydrogens is 711 g/mol. The molecule has 6 rings (SSSR count). The number of carbonyl (C=O) groups excluding carboxylic acids is 1. The number of aryl methyl sites for hydroxylation is 1. The summed E-state index contributed by atoms with van der Waals surface area (Å²) in [5.41, 5.74) is 20.3. The Labute approximate surface area is 339 Å². The maximum atomic E-state index is 12.8. The van der Waals surface area contributed by atoms with E-state index in [1.165, 1.54) is 29.5 Å². The summed E-state index contributed by atoms with van der Waals surface area (Å²) >= 11 is 0. The van der Waals surface area contributed by atoms with Crippen LogP contribution in [0.15, 0.2) is 33.9 Å². The fourth-order valence-electron chi connectivity index (χ4n) is 8.50. The molecule has 0 spiro atoms. The number of amides is 1. The van der Waals surface area contributed by atoms with E-state index in [0.29, 0.717) is 43.9 Å². The van der Waals surface area contributed by atoms with Gasteiger partial charge in [0.1, 0.15) is 5.82 Å². The molecule has 5 N–H and O–H groups in total. The monoisotopic (exact) mass is 776 g/mol. The van der Waals surface area contributed by atoms with Crippen LogP contribution in [0, 0.1) is 23.7 Å². The lowest BCUT2D eigenvalue weighted by Crippen LogP contribution is -2.39. The third kappa shape index (κ3) is 9.18. The zero-order chi connectivity index (χ0) is 41.0. The number of nitrogens with two attached hydrogens (primary N) is 2. The number of hydrogen-bond acceptors (Lipinski definition) is 10. The van der Waals surface area contributed by atoms with Gasteiger partial charge >= 0.3 is 6.01 Å². The molecule has 1 amide bonds. The zero-order valence-electron chi connectivity index (χ0n) is 35.7. The number of ether oxygens (including phenoxy) is 1. The van der Waals surface area contributed by atoms with Gasteiger partial charge in [-0.25, -0.2) is 0 Å². The highest BCUT2D eigenvalue weighted by Crippen LogP contribution is 2.48. The van der Waals surface area contributed by atoms with E-state index in [0.717, 1.165) is 107 Å². The predicted molar refractivity (Wildman–Crippen MR) is 235 cm³/mol. The molecule has 3 atom stereocenters. The summed E-state index contributed by atoms with van der Waals surface area (Å²) in [5, 5.41) is 11.4. The first-order chi connectivity index (χ1) is 27.3. The van der Waals surface area contributed by atoms with Gasteiger partial charge in [-0.3, -0.25) is 14.8 Å². The van der Waals surface area contributed by atoms with Crippen molar-refractivity contribution in [2.75, 3.05) is 51.0 Å². The van der Waals surface area contributed by atoms with Crippen LogP contribution in [0.1, 0.15) is 121 Å². The first-order valence-corrected chi connectivity index (χ1v) is 21.3. The maximum Gasteiger partial charge on any atom is 0.318 e. The number of anilines is 2. The molecular formula is C46H65N9O2. The number of benzene rings is 2. The number of likely N-dealkylation sites (N-methyl/N-ethyl adjacent to an activating group) is 1. The van der Waals surface area contributed by atoms with Crippen molar-refractivity contribution in [2.45, 2.75) is 118 Å². The number of nitrogens with zero attached hydrogens (tertiary/aromatic N) is 6. The average Bonchev–Trinajstić information content (AvgIpc) is 4.04. The van der Waals surface area contributed by atoms with Gasteiger partial charge in [0.05, 0.1) is 46.9 Å². The number of nitrogen functional groups attached to an aromatic ring is 1. The SMILES string of the molecule is CCCCCC(C)(CCCC)COc1nc(N2CCCN=C(/C=C(\N)C(=O)N(C)C)C2)c2c3c(c(-c4c(C=N)c(N)cc(C)c4C4CC4)cc2n1)=NC(C)C(C)C=3. The quantitative estimate of drug-likeness (QED) is 0.0599. The van der Waals surface area contributed by atoms with E-state index >= 15 is 0 Å². The van der Waals surface area contributed by atoms with Crippen molar-refractivity contribution >= 4 is 46.3 Å². The van der Waals surface area contributed by atoms with Crippen molar-refractivity contribution in [3.05, 3.63) is 51.2 Å². The first kappa shape index (κ1) is 41.8. The number of nitrogens with one attached hydrogen (secondary N) is 1. The topological polar surface area (TPSA) is 159 Å². The Kier molecular flexibility index (Phi) is 13.0. The summed E-state index contributed by atoms with van der Waals surface area (Å²) < 4.78 is 6.75. The average molecular weight is 776 g/mol. The Balaban J connectivity index is 1.60. The van der Waals surface area contributed by atoms with Gasteiger partial charge in [0.15, 0.2) is 0 Å². The Bertz CT molecular complexity index is 2190. The molecule has 1 aliphatic carbocycles. The van der Waals surface area contributed by atoms with E-state index in [1.807, 2.05) is 6.07 Å². The van der Waals surface area contributed by atoms with E-state index in [2.05, 4.69) is 58.6 Å². The summed E-state index contributed by atoms with van der Waals surface area (Å²) in [5.74, 6) is 1.08. The number of rotatable bonds is 16. The summed E-state index contributed by atoms with van der Waals surface area (Å²) in [4.78, 5) is 37.3. The molecule has 1 saturated carbocycles. The third-order valence-corrected chi connectivity index (χ3v) is 12.1. The highest BCUT2D eigenvalue weighted by atomic mass is 16.5. The summed E-state index contributed by atoms with van der Waals surface area (Å²) in [7, 11) is 3.39. The molecule has 1 aromatic heterocycles. The maximum absolute atomic E-state index is 12.8. The minimum atomic E-state index is -0.255. The smallest absolute Gasteiger partial charge is 0.318 e. The van der Waals surface area contributed by atoms with Gasteiger partial charge in [0, 0.05) is 60.8 Å². The molecule has 3 aliphatic rings. The van der Waals surface area contributed by atoms with Gasteiger partial charge in [0.2, 0.25) is 0 Å². The molecule has 2 aliphatic heterocycles. The van der Waals surface area contributed by atoms with Crippen LogP contribution in [0.25, 0.3) is 28.1 Å². The minimum absolute atomic E-state index is 0.0102. The second kappa shape index (κ2) is 17.8. The van der Waals surface area contributed by atoms with Crippen LogP contribution in [0.2, 0.25) is 0 Å². The number of hydrogen-bond donors (Lipinski definition) is 3. The van der Waals surface area contributed by atoms with Crippen molar-refractivity contribution in [2.24, 2.45) is 27.1 Å². The van der Waals surface area contributed by atoms with Crippen molar-refractivity contribution in [3.63, 3.8) is 0 Å². The molecule has 3 heterocycles. The van der Waals surface area contributed by atoms with Crippen LogP contribution < -0.4 is 31.7 Å². The Morgan fingerprint density at radius 2 is 1.84 bits per heavy atom. The van der Waals surface area contributed by atoms with E-state index in [-0.39, 0.29) is 29.0 Å². The minimum Gasteiger partial charge on any atom is -0.463 e. The van der Waals surface area contributed by atoms with Crippen LogP contribution >= 0.6 is 0 Å². The third-order valence-electron chi connectivity index (χ3n) is 12.1. The van der Waals surface area contributed by atoms with Crippen LogP contribution in [-0.4, -0.2) is 79.1 Å². The summed E-state index contributed by atoms with van der Waals surface area (Å²) in [6, 6.07) is 4.56. The van der Waals surface area contributed by atoms with Crippen LogP contribution in [0.3, 0.4) is 0 Å². The highest BCUT2D eigenvalue weighted by Gasteiger charge is 2.33. The number of aliphatic imine (C=N–C) groups is 1. The fourth-order valence-corrected chi connectivity index (χ4v) is 8.50. The Morgan fingerprint density at radius 3 is 2.53 bits per heavy atom. The molecule has 0 bridgehead atoms. The molecule has 11 nitrogen and oxygen atoms in total. The van der Waals surface area contributed by atoms with Crippen molar-refractivity contribution in [1.82, 2.24) is 14.9 Å². The predicted octanol–water partition coefficient (Wildman–Crippen LogP) is 7.24. The van der Waals surface area contributed by atoms with E-state index in [4.69, 9.17) is 41.6 Å². The van der Waals surface area contributed by atoms with Crippen LogP contribution in [0.5, 0.6) is 6.01 Å². The van der Waals surface area contributed by atoms with Gasteiger partial charge in [-0.1, -0.05) is 65.9 Å². The first-order valence-electron chi connectivity index (χ1n) is 21.3. The standard InChI is InChI=1S/C46H65N9O2/c1-9-11-13-18-46(6,17-12-10-2)27-57-45-52-38-24-34(40-35(25-47)36(48)22-29(4)39(40)31-15-16-31)42-33(21-28(3)30(5)51-42)41(38)43(53-45)55-20-14-19-50-32(26-55)23-37(49)44(56)54(7)8/h21-25,28,30-31,47H,9-20,26-27,48-49H2,1-8H3/b37-23-,47-25?. The molecule has 3 aromatic rings. The number of fused-ring (bicyclic) bond motifs is 3. The molecule has 1 fully saturated rings. The van der Waals surface area contributed by atoms with Gasteiger partial charge < -0.3 is 31.4 Å². The number of carbonyl (C=O) groups is 1.